The molecular formula is C10H4Cl8O. The molecule has 2 bridgehead atoms. The van der Waals surface area contributed by atoms with Crippen LogP contribution in [0.5, 0.6) is 0 Å². The molecule has 0 spiro atoms. The molecule has 19 heavy (non-hydrogen) atoms. The zero-order valence-electron chi connectivity index (χ0n) is 8.74. The zero-order valence-corrected chi connectivity index (χ0v) is 14.8. The van der Waals surface area contributed by atoms with E-state index in [0.29, 0.717) is 0 Å². The van der Waals surface area contributed by atoms with Gasteiger partial charge in [0.25, 0.3) is 0 Å². The number of ether oxygens (including phenoxy) is 1. The van der Waals surface area contributed by atoms with Crippen LogP contribution >= 0.6 is 92.8 Å². The minimum absolute atomic E-state index is 0.143. The van der Waals surface area contributed by atoms with Crippen LogP contribution in [0.25, 0.3) is 0 Å². The van der Waals surface area contributed by atoms with Crippen LogP contribution < -0.4 is 0 Å². The molecule has 0 N–H and O–H groups in total. The van der Waals surface area contributed by atoms with Gasteiger partial charge >= 0.3 is 0 Å². The second-order valence-corrected chi connectivity index (χ2v) is 9.65. The summed E-state index contributed by atoms with van der Waals surface area (Å²) in [7, 11) is 0. The van der Waals surface area contributed by atoms with Crippen molar-refractivity contribution in [3.8, 4) is 0 Å². The van der Waals surface area contributed by atoms with Gasteiger partial charge in [-0.25, -0.2) is 0 Å². The maximum atomic E-state index is 6.65. The van der Waals surface area contributed by atoms with Crippen LogP contribution in [-0.4, -0.2) is 30.6 Å². The lowest BCUT2D eigenvalue weighted by Crippen LogP contribution is -2.47. The van der Waals surface area contributed by atoms with Crippen molar-refractivity contribution in [2.24, 2.45) is 11.8 Å². The molecule has 1 heterocycles. The van der Waals surface area contributed by atoms with Crippen molar-refractivity contribution in [1.29, 1.82) is 0 Å². The van der Waals surface area contributed by atoms with Crippen molar-refractivity contribution >= 4 is 92.8 Å². The van der Waals surface area contributed by atoms with Gasteiger partial charge in [-0.05, 0) is 0 Å². The molecule has 106 valence electrons. The highest BCUT2D eigenvalue weighted by Gasteiger charge is 2.92. The van der Waals surface area contributed by atoms with Crippen LogP contribution in [0.3, 0.4) is 0 Å². The Morgan fingerprint density at radius 1 is 0.842 bits per heavy atom. The van der Waals surface area contributed by atoms with Gasteiger partial charge in [0.1, 0.15) is 15.9 Å². The van der Waals surface area contributed by atoms with Crippen molar-refractivity contribution in [2.75, 3.05) is 0 Å². The minimum Gasteiger partial charge on any atom is -0.347 e. The fraction of sp³-hybridized carbons (Fsp3) is 0.800. The Morgan fingerprint density at radius 2 is 1.32 bits per heavy atom. The van der Waals surface area contributed by atoms with Crippen LogP contribution in [0, 0.1) is 11.8 Å². The summed E-state index contributed by atoms with van der Waals surface area (Å²) in [6, 6.07) is 0. The first-order valence-electron chi connectivity index (χ1n) is 5.39. The van der Waals surface area contributed by atoms with Crippen LogP contribution in [-0.2, 0) is 4.74 Å². The largest absolute Gasteiger partial charge is 0.347 e. The summed E-state index contributed by atoms with van der Waals surface area (Å²) in [5, 5.41) is -1.29. The molecule has 0 unspecified atom stereocenters. The SMILES string of the molecule is ClC1=C(Cl)[C@]2(Cl)[C@@H]3[C@@H]([C@H]4O[C@@]4(Cl)[C@H]3Cl)[C@@]1(Cl)C2(Cl)Cl. The fourth-order valence-corrected chi connectivity index (χ4v) is 7.80. The number of halogens is 8. The number of rotatable bonds is 0. The molecule has 0 radical (unpaired) electrons. The lowest BCUT2D eigenvalue weighted by Gasteiger charge is -2.35. The number of alkyl halides is 6. The van der Waals surface area contributed by atoms with E-state index in [-0.39, 0.29) is 22.1 Å². The lowest BCUT2D eigenvalue weighted by atomic mass is 9.83. The first-order valence-corrected chi connectivity index (χ1v) is 8.47. The van der Waals surface area contributed by atoms with E-state index in [1.54, 1.807) is 0 Å². The maximum Gasteiger partial charge on any atom is 0.185 e. The van der Waals surface area contributed by atoms with Crippen LogP contribution in [0.2, 0.25) is 0 Å². The van der Waals surface area contributed by atoms with Crippen LogP contribution in [0.1, 0.15) is 0 Å². The topological polar surface area (TPSA) is 12.5 Å². The Balaban J connectivity index is 2.00. The van der Waals surface area contributed by atoms with E-state index < -0.39 is 30.4 Å². The first kappa shape index (κ1) is 14.6. The Kier molecular flexibility index (Phi) is 2.75. The summed E-state index contributed by atoms with van der Waals surface area (Å²) in [6.07, 6.45) is -0.379. The molecule has 9 heteroatoms. The van der Waals surface area contributed by atoms with Gasteiger partial charge in [-0.3, -0.25) is 0 Å². The summed E-state index contributed by atoms with van der Waals surface area (Å²) < 4.78 is 3.88. The molecule has 7 atom stereocenters. The van der Waals surface area contributed by atoms with E-state index in [2.05, 4.69) is 0 Å². The van der Waals surface area contributed by atoms with Gasteiger partial charge in [-0.1, -0.05) is 58.0 Å². The van der Waals surface area contributed by atoms with Gasteiger partial charge in [0.2, 0.25) is 0 Å². The number of hydrogen-bond donors (Lipinski definition) is 0. The summed E-state index contributed by atoms with van der Waals surface area (Å²) in [4.78, 5) is -2.70. The summed E-state index contributed by atoms with van der Waals surface area (Å²) in [5.74, 6) is -0.786. The predicted molar refractivity (Wildman–Crippen MR) is 80.4 cm³/mol. The van der Waals surface area contributed by atoms with E-state index in [1.165, 1.54) is 0 Å². The molecule has 3 fully saturated rings. The molecule has 1 nitrogen and oxygen atoms in total. The fourth-order valence-electron chi connectivity index (χ4n) is 3.79. The van der Waals surface area contributed by atoms with Crippen LogP contribution in [0.4, 0.5) is 0 Å². The zero-order chi connectivity index (χ0) is 14.2. The van der Waals surface area contributed by atoms with Gasteiger partial charge < -0.3 is 4.74 Å². The molecule has 0 amide bonds. The normalized spacial score (nSPS) is 64.4. The van der Waals surface area contributed by atoms with Crippen molar-refractivity contribution in [1.82, 2.24) is 0 Å². The molecular weight excluding hydrogens is 420 g/mol. The van der Waals surface area contributed by atoms with E-state index >= 15 is 0 Å². The number of allylic oxidation sites excluding steroid dienone is 2. The van der Waals surface area contributed by atoms with Gasteiger partial charge in [0, 0.05) is 11.8 Å². The lowest BCUT2D eigenvalue weighted by molar-refractivity contribution is 0.194. The number of fused-ring (bicyclic) bond motifs is 7. The summed E-state index contributed by atoms with van der Waals surface area (Å²) in [6.45, 7) is 0. The second kappa shape index (κ2) is 3.57. The Morgan fingerprint density at radius 3 is 1.84 bits per heavy atom. The molecule has 1 aliphatic heterocycles. The number of hydrogen-bond acceptors (Lipinski definition) is 1. The van der Waals surface area contributed by atoms with Gasteiger partial charge in [0.05, 0.1) is 15.4 Å². The van der Waals surface area contributed by atoms with Crippen LogP contribution in [0.15, 0.2) is 10.1 Å². The smallest absolute Gasteiger partial charge is 0.185 e. The molecule has 4 aliphatic rings. The third-order valence-corrected chi connectivity index (χ3v) is 10.2. The average molecular weight is 424 g/mol. The first-order chi connectivity index (χ1) is 8.56. The highest BCUT2D eigenvalue weighted by Crippen LogP contribution is 2.83. The maximum absolute atomic E-state index is 6.65. The Labute approximate surface area is 149 Å². The molecule has 3 aliphatic carbocycles. The quantitative estimate of drug-likeness (QED) is 0.394. The van der Waals surface area contributed by atoms with Crippen molar-refractivity contribution < 1.29 is 4.74 Å². The molecule has 0 aromatic carbocycles. The van der Waals surface area contributed by atoms with Crippen molar-refractivity contribution in [2.45, 2.75) is 30.6 Å². The summed E-state index contributed by atoms with van der Waals surface area (Å²) in [5.41, 5.74) is 0. The summed E-state index contributed by atoms with van der Waals surface area (Å²) >= 11 is 51.3. The molecule has 2 saturated carbocycles. The highest BCUT2D eigenvalue weighted by atomic mass is 35.5. The van der Waals surface area contributed by atoms with E-state index in [1.807, 2.05) is 0 Å². The van der Waals surface area contributed by atoms with Crippen molar-refractivity contribution in [3.63, 3.8) is 0 Å². The van der Waals surface area contributed by atoms with E-state index in [4.69, 9.17) is 97.5 Å². The van der Waals surface area contributed by atoms with E-state index in [9.17, 15) is 0 Å². The molecule has 1 saturated heterocycles. The standard InChI is InChI=1S/C10H4Cl8O/c11-3-1-2(6-9(3,16)19-6)8(15)5(13)4(12)7(1,14)10(8,17)18/h1-3,6H/t1-,2+,3+,6-,7-,8+,9+/m1/s1. The Hall–Kier alpha value is 2.02. The Bertz CT molecular complexity index is 520. The predicted octanol–water partition coefficient (Wildman–Crippen LogP) is 5.02. The molecule has 0 aromatic rings. The molecule has 0 aromatic heterocycles. The van der Waals surface area contributed by atoms with Crippen molar-refractivity contribution in [3.05, 3.63) is 10.1 Å². The number of epoxide rings is 1. The monoisotopic (exact) mass is 420 g/mol. The minimum atomic E-state index is -1.58. The van der Waals surface area contributed by atoms with Gasteiger partial charge in [0.15, 0.2) is 9.39 Å². The molecule has 4 rings (SSSR count). The highest BCUT2D eigenvalue weighted by molar-refractivity contribution is 6.66. The average Bonchev–Trinajstić information content (AvgIpc) is 2.90. The van der Waals surface area contributed by atoms with Gasteiger partial charge in [-0.2, -0.15) is 0 Å². The second-order valence-electron chi connectivity index (χ2n) is 5.32. The third kappa shape index (κ3) is 1.16. The van der Waals surface area contributed by atoms with E-state index in [0.717, 1.165) is 0 Å². The third-order valence-electron chi connectivity index (χ3n) is 4.71. The van der Waals surface area contributed by atoms with Gasteiger partial charge in [-0.15, -0.1) is 34.8 Å².